The molecule has 1 aliphatic heterocycles. The second kappa shape index (κ2) is 9.11. The molecule has 2 heterocycles. The Kier molecular flexibility index (Phi) is 6.59. The lowest BCUT2D eigenvalue weighted by Crippen LogP contribution is -2.48. The predicted octanol–water partition coefficient (Wildman–Crippen LogP) is 4.13. The van der Waals surface area contributed by atoms with E-state index in [2.05, 4.69) is 40.0 Å². The Morgan fingerprint density at radius 3 is 2.64 bits per heavy atom. The SMILES string of the molecule is CCNC(=NCc1ccc(Cl)cc1)NC1CCN(c2cccs2)CC1. The Bertz CT molecular complexity index is 661. The minimum absolute atomic E-state index is 0.472. The first-order valence-corrected chi connectivity index (χ1v) is 10.1. The van der Waals surface area contributed by atoms with Gasteiger partial charge in [-0.05, 0) is 55.0 Å². The monoisotopic (exact) mass is 376 g/mol. The van der Waals surface area contributed by atoms with Crippen LogP contribution in [0.1, 0.15) is 25.3 Å². The van der Waals surface area contributed by atoms with Crippen molar-refractivity contribution in [1.29, 1.82) is 0 Å². The average Bonchev–Trinajstić information content (AvgIpc) is 3.16. The summed E-state index contributed by atoms with van der Waals surface area (Å²) in [7, 11) is 0. The van der Waals surface area contributed by atoms with E-state index in [1.54, 1.807) is 0 Å². The summed E-state index contributed by atoms with van der Waals surface area (Å²) in [6.45, 7) is 5.80. The minimum atomic E-state index is 0.472. The van der Waals surface area contributed by atoms with Crippen LogP contribution >= 0.6 is 22.9 Å². The number of hydrogen-bond acceptors (Lipinski definition) is 3. The lowest BCUT2D eigenvalue weighted by atomic mass is 10.1. The number of nitrogens with zero attached hydrogens (tertiary/aromatic N) is 2. The Balaban J connectivity index is 1.53. The van der Waals surface area contributed by atoms with Crippen LogP contribution in [0.2, 0.25) is 5.02 Å². The van der Waals surface area contributed by atoms with Gasteiger partial charge in [0.15, 0.2) is 5.96 Å². The number of hydrogen-bond donors (Lipinski definition) is 2. The summed E-state index contributed by atoms with van der Waals surface area (Å²) in [6.07, 6.45) is 2.26. The Morgan fingerprint density at radius 2 is 2.00 bits per heavy atom. The number of nitrogens with one attached hydrogen (secondary N) is 2. The highest BCUT2D eigenvalue weighted by Gasteiger charge is 2.20. The van der Waals surface area contributed by atoms with Crippen LogP contribution in [0.15, 0.2) is 46.8 Å². The molecule has 2 N–H and O–H groups in total. The predicted molar refractivity (Wildman–Crippen MR) is 109 cm³/mol. The lowest BCUT2D eigenvalue weighted by molar-refractivity contribution is 0.463. The van der Waals surface area contributed by atoms with E-state index < -0.39 is 0 Å². The van der Waals surface area contributed by atoms with E-state index in [0.29, 0.717) is 12.6 Å². The van der Waals surface area contributed by atoms with Crippen molar-refractivity contribution in [2.45, 2.75) is 32.4 Å². The molecule has 1 aromatic carbocycles. The molecule has 6 heteroatoms. The fourth-order valence-electron chi connectivity index (χ4n) is 2.97. The molecule has 0 saturated carbocycles. The van der Waals surface area contributed by atoms with Crippen LogP contribution in [-0.4, -0.2) is 31.6 Å². The first kappa shape index (κ1) is 18.1. The Labute approximate surface area is 158 Å². The molecule has 0 atom stereocenters. The van der Waals surface area contributed by atoms with Gasteiger partial charge >= 0.3 is 0 Å². The van der Waals surface area contributed by atoms with Gasteiger partial charge in [0.25, 0.3) is 0 Å². The van der Waals surface area contributed by atoms with E-state index in [1.807, 2.05) is 35.6 Å². The van der Waals surface area contributed by atoms with Crippen molar-refractivity contribution in [2.24, 2.45) is 4.99 Å². The normalized spacial score (nSPS) is 16.1. The summed E-state index contributed by atoms with van der Waals surface area (Å²) in [5, 5.41) is 11.2. The number of guanidine groups is 1. The standard InChI is InChI=1S/C19H25ClN4S/c1-2-21-19(22-14-15-5-7-16(20)8-6-15)23-17-9-11-24(12-10-17)18-4-3-13-25-18/h3-8,13,17H,2,9-12,14H2,1H3,(H2,21,22,23). The van der Waals surface area contributed by atoms with E-state index in [4.69, 9.17) is 16.6 Å². The number of halogens is 1. The fraction of sp³-hybridized carbons (Fsp3) is 0.421. The number of piperidine rings is 1. The molecule has 0 amide bonds. The maximum atomic E-state index is 5.94. The highest BCUT2D eigenvalue weighted by Crippen LogP contribution is 2.24. The first-order chi connectivity index (χ1) is 12.2. The van der Waals surface area contributed by atoms with Crippen molar-refractivity contribution in [3.05, 3.63) is 52.4 Å². The van der Waals surface area contributed by atoms with Gasteiger partial charge in [0, 0.05) is 30.7 Å². The van der Waals surface area contributed by atoms with Gasteiger partial charge in [0.2, 0.25) is 0 Å². The molecule has 0 spiro atoms. The third-order valence-corrected chi connectivity index (χ3v) is 5.51. The van der Waals surface area contributed by atoms with Gasteiger partial charge in [-0.1, -0.05) is 23.7 Å². The van der Waals surface area contributed by atoms with Crippen molar-refractivity contribution >= 4 is 33.9 Å². The third-order valence-electron chi connectivity index (χ3n) is 4.33. The van der Waals surface area contributed by atoms with Crippen LogP contribution in [0.3, 0.4) is 0 Å². The quantitative estimate of drug-likeness (QED) is 0.609. The molecule has 4 nitrogen and oxygen atoms in total. The maximum absolute atomic E-state index is 5.94. The van der Waals surface area contributed by atoms with E-state index in [9.17, 15) is 0 Å². The summed E-state index contributed by atoms with van der Waals surface area (Å²) >= 11 is 7.76. The Morgan fingerprint density at radius 1 is 1.24 bits per heavy atom. The first-order valence-electron chi connectivity index (χ1n) is 8.82. The zero-order valence-electron chi connectivity index (χ0n) is 14.5. The molecular weight excluding hydrogens is 352 g/mol. The molecule has 0 unspecified atom stereocenters. The van der Waals surface area contributed by atoms with Crippen LogP contribution in [0, 0.1) is 0 Å². The molecule has 3 rings (SSSR count). The number of aliphatic imine (C=N–C) groups is 1. The smallest absolute Gasteiger partial charge is 0.191 e. The van der Waals surface area contributed by atoms with Gasteiger partial charge in [-0.25, -0.2) is 4.99 Å². The molecule has 2 aromatic rings. The molecule has 1 fully saturated rings. The maximum Gasteiger partial charge on any atom is 0.191 e. The van der Waals surface area contributed by atoms with E-state index >= 15 is 0 Å². The van der Waals surface area contributed by atoms with E-state index in [1.165, 1.54) is 5.00 Å². The van der Waals surface area contributed by atoms with Gasteiger partial charge in [-0.2, -0.15) is 0 Å². The molecule has 134 valence electrons. The van der Waals surface area contributed by atoms with Crippen molar-refractivity contribution in [3.8, 4) is 0 Å². The van der Waals surface area contributed by atoms with Gasteiger partial charge < -0.3 is 15.5 Å². The van der Waals surface area contributed by atoms with Crippen molar-refractivity contribution in [2.75, 3.05) is 24.5 Å². The topological polar surface area (TPSA) is 39.7 Å². The van der Waals surface area contributed by atoms with Gasteiger partial charge in [-0.3, -0.25) is 0 Å². The minimum Gasteiger partial charge on any atom is -0.363 e. The third kappa shape index (κ3) is 5.38. The molecule has 25 heavy (non-hydrogen) atoms. The highest BCUT2D eigenvalue weighted by molar-refractivity contribution is 7.14. The van der Waals surface area contributed by atoms with Gasteiger partial charge in [0.1, 0.15) is 0 Å². The van der Waals surface area contributed by atoms with Gasteiger partial charge in [0.05, 0.1) is 11.5 Å². The Hall–Kier alpha value is -1.72. The largest absolute Gasteiger partial charge is 0.363 e. The molecule has 1 aliphatic rings. The molecule has 1 saturated heterocycles. The van der Waals surface area contributed by atoms with E-state index in [0.717, 1.165) is 49.0 Å². The summed E-state index contributed by atoms with van der Waals surface area (Å²) in [5.74, 6) is 0.895. The molecule has 0 bridgehead atoms. The van der Waals surface area contributed by atoms with Crippen molar-refractivity contribution in [1.82, 2.24) is 10.6 Å². The average molecular weight is 377 g/mol. The number of rotatable bonds is 5. The summed E-state index contributed by atoms with van der Waals surface area (Å²) in [5.41, 5.74) is 1.16. The number of thiophene rings is 1. The molecular formula is C19H25ClN4S. The molecule has 0 radical (unpaired) electrons. The summed E-state index contributed by atoms with van der Waals surface area (Å²) in [4.78, 5) is 7.19. The number of anilines is 1. The zero-order chi connectivity index (χ0) is 17.5. The molecule has 1 aromatic heterocycles. The van der Waals surface area contributed by atoms with Crippen LogP contribution in [0.4, 0.5) is 5.00 Å². The lowest BCUT2D eigenvalue weighted by Gasteiger charge is -2.33. The second-order valence-electron chi connectivity index (χ2n) is 6.18. The van der Waals surface area contributed by atoms with Crippen LogP contribution in [-0.2, 0) is 6.54 Å². The zero-order valence-corrected chi connectivity index (χ0v) is 16.1. The highest BCUT2D eigenvalue weighted by atomic mass is 35.5. The summed E-state index contributed by atoms with van der Waals surface area (Å²) < 4.78 is 0. The molecule has 0 aliphatic carbocycles. The van der Waals surface area contributed by atoms with Crippen LogP contribution < -0.4 is 15.5 Å². The van der Waals surface area contributed by atoms with Crippen molar-refractivity contribution in [3.63, 3.8) is 0 Å². The van der Waals surface area contributed by atoms with E-state index in [-0.39, 0.29) is 0 Å². The van der Waals surface area contributed by atoms with Crippen LogP contribution in [0.5, 0.6) is 0 Å². The van der Waals surface area contributed by atoms with Crippen molar-refractivity contribution < 1.29 is 0 Å². The fourth-order valence-corrected chi connectivity index (χ4v) is 3.88. The second-order valence-corrected chi connectivity index (χ2v) is 7.54. The summed E-state index contributed by atoms with van der Waals surface area (Å²) in [6, 6.07) is 12.7. The van der Waals surface area contributed by atoms with Crippen LogP contribution in [0.25, 0.3) is 0 Å². The number of benzene rings is 1. The van der Waals surface area contributed by atoms with Gasteiger partial charge in [-0.15, -0.1) is 11.3 Å².